The van der Waals surface area contributed by atoms with E-state index < -0.39 is 6.10 Å². The molecule has 1 atom stereocenters. The molecule has 0 aliphatic rings. The summed E-state index contributed by atoms with van der Waals surface area (Å²) in [6.45, 7) is 0. The standard InChI is InChI=1S/C18H15N3O.C17H13N3S.C17H13N3.C14H9NO.C4H5IN2.CH2Cl2/c1-21-11-17(20-12-21)18(22)16-5-3-2-4-15(16)14-8-6-13(10-19)7-9-14;18-10-12-5-7-13(8-6-12)16-4-2-1-3-14(16)9-15-11-19-17(21)20-15;18-10-13-5-7-14(8-6-13)17-4-2-1-3-15(17)9-16-11-19-12-20-16;15-9-11-5-7-12(8-6-11)14-4-2-1-3-13(14)10-16;1-7-2-4(5)6-3-7;2-1-3/h2-9,11-12,18,22H,1H3;1-8,11H,9H2,(H2,19,20,21);1-8,11-12H,9H2,(H,19,20);1-8,10H;2-3H,1H3;1H2. The normalized spacial score (nSPS) is 10.3. The summed E-state index contributed by atoms with van der Waals surface area (Å²) in [5, 5.41) is 46.1. The molecule has 0 fully saturated rings. The fourth-order valence-electron chi connectivity index (χ4n) is 9.04. The Morgan fingerprint density at radius 1 is 0.562 bits per heavy atom. The Labute approximate surface area is 545 Å². The van der Waals surface area contributed by atoms with Crippen molar-refractivity contribution in [2.45, 2.75) is 18.9 Å². The summed E-state index contributed by atoms with van der Waals surface area (Å²) in [4.78, 5) is 32.4. The lowest BCUT2D eigenvalue weighted by atomic mass is 9.94. The van der Waals surface area contributed by atoms with E-state index in [1.54, 1.807) is 55.5 Å². The molecular formula is C71H57Cl2IN12O2S. The number of aromatic nitrogens is 8. The minimum Gasteiger partial charge on any atom is -0.382 e. The summed E-state index contributed by atoms with van der Waals surface area (Å²) in [5.41, 5.74) is 17.6. The summed E-state index contributed by atoms with van der Waals surface area (Å²) >= 11 is 16.8. The first-order valence-electron chi connectivity index (χ1n) is 27.3. The van der Waals surface area contributed by atoms with Gasteiger partial charge >= 0.3 is 0 Å². The van der Waals surface area contributed by atoms with E-state index >= 15 is 0 Å². The van der Waals surface area contributed by atoms with Crippen LogP contribution in [0.4, 0.5) is 0 Å². The molecular weight excluding hydrogens is 1280 g/mol. The molecule has 0 bridgehead atoms. The molecule has 4 N–H and O–H groups in total. The number of rotatable bonds is 11. The number of alkyl halides is 2. The number of carbonyl (C=O) groups excluding carboxylic acids is 1. The predicted octanol–water partition coefficient (Wildman–Crippen LogP) is 16.3. The minimum absolute atomic E-state index is 0.194. The molecule has 12 rings (SSSR count). The Bertz CT molecular complexity index is 4400. The number of H-pyrrole nitrogens is 3. The number of nitrogens with zero attached hydrogens (tertiary/aromatic N) is 9. The van der Waals surface area contributed by atoms with Gasteiger partial charge in [0.1, 0.15) is 9.80 Å². The molecule has 0 amide bonds. The van der Waals surface area contributed by atoms with Gasteiger partial charge in [-0.05, 0) is 145 Å². The lowest BCUT2D eigenvalue weighted by Crippen LogP contribution is -2.02. The van der Waals surface area contributed by atoms with Gasteiger partial charge in [0, 0.05) is 68.7 Å². The average Bonchev–Trinajstić information content (AvgIpc) is 4.48. The van der Waals surface area contributed by atoms with E-state index in [-0.39, 0.29) is 5.34 Å². The molecule has 4 heterocycles. The quantitative estimate of drug-likeness (QED) is 0.0414. The molecule has 0 spiro atoms. The second-order valence-corrected chi connectivity index (χ2v) is 21.7. The van der Waals surface area contributed by atoms with Crippen LogP contribution in [0.3, 0.4) is 0 Å². The van der Waals surface area contributed by atoms with Crippen LogP contribution < -0.4 is 0 Å². The number of aliphatic hydroxyl groups is 1. The van der Waals surface area contributed by atoms with E-state index in [1.165, 1.54) is 22.3 Å². The molecule has 0 saturated carbocycles. The molecule has 89 heavy (non-hydrogen) atoms. The smallest absolute Gasteiger partial charge is 0.174 e. The summed E-state index contributed by atoms with van der Waals surface area (Å²) < 4.78 is 5.41. The highest BCUT2D eigenvalue weighted by Crippen LogP contribution is 2.32. The summed E-state index contributed by atoms with van der Waals surface area (Å²) in [7, 11) is 3.82. The minimum atomic E-state index is -0.784. The lowest BCUT2D eigenvalue weighted by molar-refractivity contribution is 0.112. The second kappa shape index (κ2) is 34.8. The third-order valence-corrected chi connectivity index (χ3v) is 14.1. The van der Waals surface area contributed by atoms with Gasteiger partial charge in [-0.2, -0.15) is 21.0 Å². The van der Waals surface area contributed by atoms with Gasteiger partial charge in [0.15, 0.2) is 11.1 Å². The zero-order valence-electron chi connectivity index (χ0n) is 48.2. The van der Waals surface area contributed by atoms with Crippen molar-refractivity contribution in [3.63, 3.8) is 0 Å². The molecule has 4 aromatic heterocycles. The number of aryl methyl sites for hydroxylation is 2. The average molecular weight is 1340 g/mol. The van der Waals surface area contributed by atoms with Crippen molar-refractivity contribution >= 4 is 64.3 Å². The highest BCUT2D eigenvalue weighted by molar-refractivity contribution is 14.1. The van der Waals surface area contributed by atoms with Crippen LogP contribution in [-0.4, -0.2) is 55.8 Å². The molecule has 0 aliphatic carbocycles. The largest absolute Gasteiger partial charge is 0.382 e. The number of halogens is 3. The van der Waals surface area contributed by atoms with Crippen LogP contribution in [0.25, 0.3) is 44.5 Å². The Morgan fingerprint density at radius 3 is 1.37 bits per heavy atom. The Hall–Kier alpha value is -10.3. The maximum Gasteiger partial charge on any atom is 0.174 e. The van der Waals surface area contributed by atoms with Gasteiger partial charge in [0.2, 0.25) is 0 Å². The molecule has 18 heteroatoms. The van der Waals surface area contributed by atoms with Gasteiger partial charge in [-0.25, -0.2) is 15.0 Å². The van der Waals surface area contributed by atoms with Gasteiger partial charge in [0.25, 0.3) is 0 Å². The number of nitriles is 4. The van der Waals surface area contributed by atoms with E-state index in [2.05, 4.69) is 101 Å². The third-order valence-electron chi connectivity index (χ3n) is 13.3. The Balaban J connectivity index is 0.000000161. The number of carbonyl (C=O) groups is 1. The molecule has 12 aromatic rings. The van der Waals surface area contributed by atoms with Crippen LogP contribution in [0, 0.1) is 53.8 Å². The highest BCUT2D eigenvalue weighted by atomic mass is 127. The monoisotopic (exact) mass is 1340 g/mol. The van der Waals surface area contributed by atoms with Gasteiger partial charge in [-0.3, -0.25) is 4.79 Å². The first kappa shape index (κ1) is 66.2. The summed E-state index contributed by atoms with van der Waals surface area (Å²) in [5.74, 6) is 0. The van der Waals surface area contributed by atoms with Crippen molar-refractivity contribution in [1.82, 2.24) is 39.0 Å². The number of nitrogens with one attached hydrogen (secondary N) is 3. The molecule has 0 saturated heterocycles. The van der Waals surface area contributed by atoms with Gasteiger partial charge in [-0.15, -0.1) is 23.2 Å². The van der Waals surface area contributed by atoms with Gasteiger partial charge in [-0.1, -0.05) is 146 Å². The predicted molar refractivity (Wildman–Crippen MR) is 362 cm³/mol. The van der Waals surface area contributed by atoms with Gasteiger partial charge in [0.05, 0.1) is 76.5 Å². The van der Waals surface area contributed by atoms with E-state index in [9.17, 15) is 9.90 Å². The van der Waals surface area contributed by atoms with Crippen LogP contribution in [0.2, 0.25) is 0 Å². The number of aliphatic hydroxyl groups excluding tert-OH is 1. The van der Waals surface area contributed by atoms with Crippen LogP contribution in [0.1, 0.15) is 72.5 Å². The Morgan fingerprint density at radius 2 is 0.978 bits per heavy atom. The van der Waals surface area contributed by atoms with Crippen molar-refractivity contribution < 1.29 is 9.90 Å². The van der Waals surface area contributed by atoms with E-state index in [1.807, 2.05) is 181 Å². The topological polar surface area (TPSA) is 228 Å². The number of hydrogen-bond donors (Lipinski definition) is 4. The first-order chi connectivity index (χ1) is 43.4. The fourth-order valence-corrected chi connectivity index (χ4v) is 9.80. The van der Waals surface area contributed by atoms with Crippen molar-refractivity contribution in [2.24, 2.45) is 14.1 Å². The van der Waals surface area contributed by atoms with Crippen molar-refractivity contribution in [2.75, 3.05) is 5.34 Å². The van der Waals surface area contributed by atoms with Crippen LogP contribution in [-0.2, 0) is 26.9 Å². The van der Waals surface area contributed by atoms with Crippen LogP contribution >= 0.6 is 58.0 Å². The SMILES string of the molecule is ClCCl.Cn1cnc(C(O)c2ccccc2-c2ccc(C#N)cc2)c1.Cn1cnc(I)c1.N#Cc1ccc(-c2ccccc2C=O)cc1.N#Cc1ccc(-c2ccccc2Cc2c[nH]c(=S)[nH]2)cc1.N#Cc1ccc(-c2ccccc2Cc2cnc[nH]2)cc1. The molecule has 440 valence electrons. The highest BCUT2D eigenvalue weighted by Gasteiger charge is 2.18. The Kier molecular flexibility index (Phi) is 25.9. The van der Waals surface area contributed by atoms with E-state index in [4.69, 9.17) is 56.5 Å². The second-order valence-electron chi connectivity index (χ2n) is 19.4. The van der Waals surface area contributed by atoms with Gasteiger partial charge < -0.3 is 29.2 Å². The van der Waals surface area contributed by atoms with E-state index in [0.717, 1.165) is 73.2 Å². The molecule has 8 aromatic carbocycles. The maximum absolute atomic E-state index is 10.9. The maximum atomic E-state index is 10.9. The number of aromatic amines is 3. The van der Waals surface area contributed by atoms with Crippen LogP contribution in [0.5, 0.6) is 0 Å². The molecule has 14 nitrogen and oxygen atoms in total. The van der Waals surface area contributed by atoms with Crippen molar-refractivity contribution in [3.8, 4) is 68.8 Å². The zero-order valence-corrected chi connectivity index (χ0v) is 52.7. The molecule has 1 unspecified atom stereocenters. The first-order valence-corrected chi connectivity index (χ1v) is 29.9. The number of hydrogen-bond acceptors (Lipinski definition) is 10. The lowest BCUT2D eigenvalue weighted by Gasteiger charge is -2.14. The summed E-state index contributed by atoms with van der Waals surface area (Å²) in [6.07, 6.45) is 14.3. The number of benzene rings is 8. The molecule has 0 radical (unpaired) electrons. The van der Waals surface area contributed by atoms with E-state index in [0.29, 0.717) is 38.3 Å². The number of aldehydes is 1. The van der Waals surface area contributed by atoms with Crippen LogP contribution in [0.15, 0.2) is 238 Å². The third kappa shape index (κ3) is 19.9. The zero-order chi connectivity index (χ0) is 63.3. The fraction of sp³-hybridized carbons (Fsp3) is 0.0845. The molecule has 0 aliphatic heterocycles. The van der Waals surface area contributed by atoms with Crippen molar-refractivity contribution in [3.05, 3.63) is 308 Å². The summed E-state index contributed by atoms with van der Waals surface area (Å²) in [6, 6.07) is 70.0. The number of imidazole rings is 4. The van der Waals surface area contributed by atoms with Crippen molar-refractivity contribution in [1.29, 1.82) is 21.0 Å².